The van der Waals surface area contributed by atoms with Crippen LogP contribution in [0.3, 0.4) is 0 Å². The van der Waals surface area contributed by atoms with E-state index in [0.29, 0.717) is 35.5 Å². The van der Waals surface area contributed by atoms with Gasteiger partial charge in [-0.05, 0) is 53.6 Å². The number of ketones is 2. The van der Waals surface area contributed by atoms with Crippen LogP contribution in [-0.4, -0.2) is 64.2 Å². The number of Topliss-reactive ketones (excluding diaryl/α,β-unsaturated/α-hetero) is 2. The van der Waals surface area contributed by atoms with E-state index in [-0.39, 0.29) is 35.6 Å². The van der Waals surface area contributed by atoms with E-state index in [0.717, 1.165) is 13.0 Å². The zero-order valence-electron chi connectivity index (χ0n) is 21.4. The second-order valence-corrected chi connectivity index (χ2v) is 11.5. The van der Waals surface area contributed by atoms with Crippen molar-refractivity contribution in [2.45, 2.75) is 25.2 Å². The maximum absolute atomic E-state index is 13.9. The summed E-state index contributed by atoms with van der Waals surface area (Å²) in [5.74, 6) is -3.06. The van der Waals surface area contributed by atoms with Crippen LogP contribution in [0.25, 0.3) is 0 Å². The third kappa shape index (κ3) is 4.90. The molecule has 40 heavy (non-hydrogen) atoms. The molecule has 5 heterocycles. The van der Waals surface area contributed by atoms with Gasteiger partial charge in [-0.25, -0.2) is 4.39 Å². The van der Waals surface area contributed by atoms with Gasteiger partial charge in [0.05, 0.1) is 24.0 Å². The second kappa shape index (κ2) is 11.1. The van der Waals surface area contributed by atoms with E-state index in [4.69, 9.17) is 0 Å². The molecule has 0 aliphatic carbocycles. The number of fused-ring (bicyclic) bond motifs is 2. The van der Waals surface area contributed by atoms with E-state index >= 15 is 0 Å². The van der Waals surface area contributed by atoms with Gasteiger partial charge in [-0.3, -0.25) is 19.3 Å². The average molecular weight is 579 g/mol. The Morgan fingerprint density at radius 3 is 2.40 bits per heavy atom. The van der Waals surface area contributed by atoms with Crippen molar-refractivity contribution in [3.8, 4) is 0 Å². The van der Waals surface area contributed by atoms with Crippen molar-refractivity contribution in [3.63, 3.8) is 0 Å². The van der Waals surface area contributed by atoms with Crippen LogP contribution in [0.1, 0.15) is 32.7 Å². The molecule has 2 fully saturated rings. The third-order valence-corrected chi connectivity index (χ3v) is 8.90. The molecular weight excluding hydrogens is 551 g/mol. The number of carbonyl (C=O) groups excluding carboxylic acids is 3. The first kappa shape index (κ1) is 26.6. The van der Waals surface area contributed by atoms with Gasteiger partial charge in [0.2, 0.25) is 5.91 Å². The van der Waals surface area contributed by atoms with Gasteiger partial charge in [-0.1, -0.05) is 12.1 Å². The molecule has 8 nitrogen and oxygen atoms in total. The van der Waals surface area contributed by atoms with E-state index in [1.807, 2.05) is 10.3 Å². The highest BCUT2D eigenvalue weighted by atomic mass is 32.1. The number of nitrogens with zero attached hydrogens (tertiary/aromatic N) is 2. The summed E-state index contributed by atoms with van der Waals surface area (Å²) in [7, 11) is 0. The van der Waals surface area contributed by atoms with Gasteiger partial charge in [0, 0.05) is 41.2 Å². The molecule has 3 N–H and O–H groups in total. The van der Waals surface area contributed by atoms with Crippen LogP contribution in [0.15, 0.2) is 81.1 Å². The van der Waals surface area contributed by atoms with E-state index in [1.165, 1.54) is 34.8 Å². The Morgan fingerprint density at radius 2 is 1.73 bits per heavy atom. The van der Waals surface area contributed by atoms with Crippen molar-refractivity contribution in [1.29, 1.82) is 0 Å². The van der Waals surface area contributed by atoms with Crippen molar-refractivity contribution in [3.05, 3.63) is 104 Å². The Morgan fingerprint density at radius 1 is 1.02 bits per heavy atom. The molecule has 0 radical (unpaired) electrons. The molecule has 2 saturated heterocycles. The molecule has 0 saturated carbocycles. The molecule has 3 aliphatic rings. The highest BCUT2D eigenvalue weighted by Gasteiger charge is 2.49. The largest absolute Gasteiger partial charge is 0.509 e. The van der Waals surface area contributed by atoms with E-state index < -0.39 is 23.7 Å². The SMILES string of the molecule is O=C(NCc1ccc(F)cc1)C1=CN2CC3NCCCN3C(C(=O)c3ccsc3)C2=C(O)C1C(=O)c1ccsc1. The number of nitrogens with one attached hydrogen (secondary N) is 2. The normalized spacial score (nSPS) is 22.8. The molecule has 206 valence electrons. The summed E-state index contributed by atoms with van der Waals surface area (Å²) >= 11 is 2.76. The van der Waals surface area contributed by atoms with Crippen molar-refractivity contribution >= 4 is 40.1 Å². The summed E-state index contributed by atoms with van der Waals surface area (Å²) in [6, 6.07) is 8.37. The summed E-state index contributed by atoms with van der Waals surface area (Å²) in [5, 5.41) is 25.2. The van der Waals surface area contributed by atoms with Gasteiger partial charge >= 0.3 is 0 Å². The van der Waals surface area contributed by atoms with Crippen molar-refractivity contribution in [1.82, 2.24) is 20.4 Å². The minimum Gasteiger partial charge on any atom is -0.509 e. The van der Waals surface area contributed by atoms with Gasteiger partial charge in [0.25, 0.3) is 0 Å². The first-order chi connectivity index (χ1) is 19.4. The third-order valence-electron chi connectivity index (χ3n) is 7.54. The maximum Gasteiger partial charge on any atom is 0.250 e. The Hall–Kier alpha value is -3.64. The number of thiophene rings is 2. The summed E-state index contributed by atoms with van der Waals surface area (Å²) in [4.78, 5) is 45.0. The predicted octanol–water partition coefficient (Wildman–Crippen LogP) is 3.92. The smallest absolute Gasteiger partial charge is 0.250 e. The fraction of sp³-hybridized carbons (Fsp3) is 0.276. The topological polar surface area (TPSA) is 102 Å². The van der Waals surface area contributed by atoms with Crippen molar-refractivity contribution in [2.24, 2.45) is 5.92 Å². The molecule has 1 aromatic carbocycles. The number of hydrogen-bond donors (Lipinski definition) is 3. The van der Waals surface area contributed by atoms with Gasteiger partial charge in [0.1, 0.15) is 23.5 Å². The Kier molecular flexibility index (Phi) is 7.37. The lowest BCUT2D eigenvalue weighted by Gasteiger charge is -2.51. The molecule has 0 bridgehead atoms. The number of hydrogen-bond acceptors (Lipinski definition) is 9. The molecule has 2 aromatic heterocycles. The molecular formula is C29H27FN4O4S2. The van der Waals surface area contributed by atoms with Gasteiger partial charge in [-0.15, -0.1) is 0 Å². The predicted molar refractivity (Wildman–Crippen MR) is 150 cm³/mol. The summed E-state index contributed by atoms with van der Waals surface area (Å²) < 4.78 is 13.3. The molecule has 1 amide bonds. The molecule has 0 spiro atoms. The standard InChI is InChI=1S/C29H27FN4O4S2/c30-20-4-2-17(3-5-20)12-32-29(38)21-13-33-14-22-31-8-1-9-34(22)25(27(36)19-7-11-40-16-19)24(33)28(37)23(21)26(35)18-6-10-39-15-18/h2-7,10-11,13,15-16,22-23,25,31,37H,1,8-9,12,14H2,(H,32,38). The summed E-state index contributed by atoms with van der Waals surface area (Å²) in [6.07, 6.45) is 2.26. The number of allylic oxidation sites excluding steroid dienone is 1. The van der Waals surface area contributed by atoms with Crippen molar-refractivity contribution < 1.29 is 23.9 Å². The highest BCUT2D eigenvalue weighted by Crippen LogP contribution is 2.39. The Balaban J connectivity index is 1.40. The number of benzene rings is 1. The quantitative estimate of drug-likeness (QED) is 0.366. The van der Waals surface area contributed by atoms with E-state index in [9.17, 15) is 23.9 Å². The number of amides is 1. The van der Waals surface area contributed by atoms with Crippen LogP contribution in [0, 0.1) is 11.7 Å². The van der Waals surface area contributed by atoms with Crippen LogP contribution in [-0.2, 0) is 11.3 Å². The van der Waals surface area contributed by atoms with Gasteiger partial charge < -0.3 is 20.6 Å². The minimum absolute atomic E-state index is 0.0885. The number of rotatable bonds is 7. The van der Waals surface area contributed by atoms with Crippen LogP contribution in [0.4, 0.5) is 4.39 Å². The molecule has 3 atom stereocenters. The average Bonchev–Trinajstić information content (AvgIpc) is 3.70. The first-order valence-corrected chi connectivity index (χ1v) is 14.9. The number of piperazine rings is 1. The lowest BCUT2D eigenvalue weighted by molar-refractivity contribution is -0.118. The zero-order chi connectivity index (χ0) is 27.8. The lowest BCUT2D eigenvalue weighted by atomic mass is 9.82. The van der Waals surface area contributed by atoms with Crippen LogP contribution >= 0.6 is 22.7 Å². The van der Waals surface area contributed by atoms with Gasteiger partial charge in [-0.2, -0.15) is 22.7 Å². The number of halogens is 1. The number of aliphatic hydroxyl groups is 1. The van der Waals surface area contributed by atoms with Gasteiger partial charge in [0.15, 0.2) is 11.6 Å². The molecule has 3 aromatic rings. The monoisotopic (exact) mass is 578 g/mol. The fourth-order valence-corrected chi connectivity index (χ4v) is 6.87. The van der Waals surface area contributed by atoms with E-state index in [2.05, 4.69) is 10.6 Å². The first-order valence-electron chi connectivity index (χ1n) is 13.0. The van der Waals surface area contributed by atoms with Crippen LogP contribution < -0.4 is 10.6 Å². The van der Waals surface area contributed by atoms with E-state index in [1.54, 1.807) is 51.5 Å². The highest BCUT2D eigenvalue weighted by molar-refractivity contribution is 7.08. The number of aliphatic hydroxyl groups excluding tert-OH is 1. The lowest BCUT2D eigenvalue weighted by Crippen LogP contribution is -2.67. The Labute approximate surface area is 238 Å². The number of carbonyl (C=O) groups is 3. The van der Waals surface area contributed by atoms with Crippen molar-refractivity contribution in [2.75, 3.05) is 19.6 Å². The Bertz CT molecular complexity index is 1480. The molecule has 11 heteroatoms. The van der Waals surface area contributed by atoms with Crippen LogP contribution in [0.5, 0.6) is 0 Å². The fourth-order valence-electron chi connectivity index (χ4n) is 5.58. The molecule has 3 unspecified atom stereocenters. The van der Waals surface area contributed by atoms with Crippen LogP contribution in [0.2, 0.25) is 0 Å². The molecule has 6 rings (SSSR count). The molecule has 3 aliphatic heterocycles. The summed E-state index contributed by atoms with van der Waals surface area (Å²) in [5.41, 5.74) is 2.02. The summed E-state index contributed by atoms with van der Waals surface area (Å²) in [6.45, 7) is 1.94. The second-order valence-electron chi connectivity index (χ2n) is 9.97. The minimum atomic E-state index is -1.28. The maximum atomic E-state index is 13.9. The zero-order valence-corrected chi connectivity index (χ0v) is 23.0.